The molecule has 6 heteroatoms. The van der Waals surface area contributed by atoms with Gasteiger partial charge in [0.05, 0.1) is 30.4 Å². The number of aromatic amines is 1. The Hall–Kier alpha value is -2.99. The molecule has 0 radical (unpaired) electrons. The predicted molar refractivity (Wildman–Crippen MR) is 102 cm³/mol. The average Bonchev–Trinajstić information content (AvgIpc) is 3.43. The van der Waals surface area contributed by atoms with Crippen LogP contribution in [-0.2, 0) is 11.3 Å². The summed E-state index contributed by atoms with van der Waals surface area (Å²) in [6.07, 6.45) is 7.89. The maximum Gasteiger partial charge on any atom is 0.137 e. The van der Waals surface area contributed by atoms with E-state index in [-0.39, 0.29) is 11.9 Å². The van der Waals surface area contributed by atoms with Crippen LogP contribution in [0.2, 0.25) is 0 Å². The summed E-state index contributed by atoms with van der Waals surface area (Å²) < 4.78 is 21.4. The molecular weight excluding hydrogens is 343 g/mol. The fourth-order valence-corrected chi connectivity index (χ4v) is 3.80. The molecule has 1 atom stereocenters. The number of halogens is 1. The third-order valence-corrected chi connectivity index (χ3v) is 5.10. The molecule has 0 saturated carbocycles. The van der Waals surface area contributed by atoms with Crippen molar-refractivity contribution >= 4 is 11.0 Å². The standard InChI is InChI=1S/C21H19FN4O/c22-15-5-3-14(4-6-15)19-20(17-7-9-23-21-18(17)8-10-24-21)26(13-25-19)12-16-2-1-11-27-16/h3-10,13,16H,1-2,11-12H2,(H,23,24). The Kier molecular flexibility index (Phi) is 3.98. The SMILES string of the molecule is Fc1ccc(-c2ncn(CC3CCCO3)c2-c2ccnc3[nH]ccc23)cc1. The van der Waals surface area contributed by atoms with Crippen LogP contribution in [0, 0.1) is 5.82 Å². The number of hydrogen-bond donors (Lipinski definition) is 1. The zero-order chi connectivity index (χ0) is 18.2. The van der Waals surface area contributed by atoms with Gasteiger partial charge in [0, 0.05) is 35.5 Å². The van der Waals surface area contributed by atoms with Crippen molar-refractivity contribution in [1.29, 1.82) is 0 Å². The number of nitrogens with one attached hydrogen (secondary N) is 1. The topological polar surface area (TPSA) is 55.7 Å². The molecule has 0 amide bonds. The summed E-state index contributed by atoms with van der Waals surface area (Å²) in [5.74, 6) is -0.254. The normalized spacial score (nSPS) is 17.0. The van der Waals surface area contributed by atoms with E-state index >= 15 is 0 Å². The Morgan fingerprint density at radius 3 is 2.85 bits per heavy atom. The van der Waals surface area contributed by atoms with Gasteiger partial charge in [0.25, 0.3) is 0 Å². The molecule has 27 heavy (non-hydrogen) atoms. The molecule has 1 fully saturated rings. The Labute approximate surface area is 155 Å². The van der Waals surface area contributed by atoms with Crippen molar-refractivity contribution in [3.05, 3.63) is 60.9 Å². The monoisotopic (exact) mass is 362 g/mol. The number of pyridine rings is 1. The lowest BCUT2D eigenvalue weighted by molar-refractivity contribution is 0.0973. The lowest BCUT2D eigenvalue weighted by Gasteiger charge is -2.15. The van der Waals surface area contributed by atoms with Crippen LogP contribution in [-0.4, -0.2) is 32.2 Å². The number of fused-ring (bicyclic) bond motifs is 1. The second kappa shape index (κ2) is 6.63. The summed E-state index contributed by atoms with van der Waals surface area (Å²) in [6.45, 7) is 1.56. The average molecular weight is 362 g/mol. The van der Waals surface area contributed by atoms with E-state index in [1.807, 2.05) is 24.7 Å². The van der Waals surface area contributed by atoms with Crippen LogP contribution >= 0.6 is 0 Å². The molecule has 4 heterocycles. The van der Waals surface area contributed by atoms with Crippen LogP contribution in [0.3, 0.4) is 0 Å². The van der Waals surface area contributed by atoms with Crippen LogP contribution in [0.4, 0.5) is 4.39 Å². The summed E-state index contributed by atoms with van der Waals surface area (Å²) in [4.78, 5) is 12.2. The molecule has 4 aromatic rings. The van der Waals surface area contributed by atoms with Gasteiger partial charge in [-0.3, -0.25) is 0 Å². The largest absolute Gasteiger partial charge is 0.376 e. The number of nitrogens with zero attached hydrogens (tertiary/aromatic N) is 3. The summed E-state index contributed by atoms with van der Waals surface area (Å²) in [6, 6.07) is 10.5. The van der Waals surface area contributed by atoms with Crippen molar-refractivity contribution in [1.82, 2.24) is 19.5 Å². The van der Waals surface area contributed by atoms with Gasteiger partial charge in [0.1, 0.15) is 11.5 Å². The van der Waals surface area contributed by atoms with Gasteiger partial charge >= 0.3 is 0 Å². The Bertz CT molecular complexity index is 1080. The molecule has 1 saturated heterocycles. The van der Waals surface area contributed by atoms with Gasteiger partial charge in [0.2, 0.25) is 0 Å². The Balaban J connectivity index is 1.69. The van der Waals surface area contributed by atoms with E-state index in [1.54, 1.807) is 18.3 Å². The second-order valence-corrected chi connectivity index (χ2v) is 6.83. The highest BCUT2D eigenvalue weighted by molar-refractivity contribution is 5.95. The number of hydrogen-bond acceptors (Lipinski definition) is 3. The highest BCUT2D eigenvalue weighted by atomic mass is 19.1. The van der Waals surface area contributed by atoms with Crippen molar-refractivity contribution in [2.24, 2.45) is 0 Å². The van der Waals surface area contributed by atoms with Crippen molar-refractivity contribution in [3.63, 3.8) is 0 Å². The summed E-state index contributed by atoms with van der Waals surface area (Å²) in [5, 5.41) is 1.04. The number of benzene rings is 1. The number of imidazole rings is 1. The van der Waals surface area contributed by atoms with Gasteiger partial charge in [-0.05, 0) is 49.2 Å². The minimum absolute atomic E-state index is 0.197. The van der Waals surface area contributed by atoms with Gasteiger partial charge < -0.3 is 14.3 Å². The highest BCUT2D eigenvalue weighted by Gasteiger charge is 2.22. The first-order chi connectivity index (χ1) is 13.3. The third kappa shape index (κ3) is 2.92. The summed E-state index contributed by atoms with van der Waals surface area (Å²) in [5.41, 5.74) is 4.61. The van der Waals surface area contributed by atoms with E-state index in [0.29, 0.717) is 0 Å². The summed E-state index contributed by atoms with van der Waals surface area (Å²) in [7, 11) is 0. The zero-order valence-electron chi connectivity index (χ0n) is 14.7. The molecule has 1 unspecified atom stereocenters. The Morgan fingerprint density at radius 1 is 1.15 bits per heavy atom. The molecule has 3 aromatic heterocycles. The molecule has 1 aliphatic rings. The smallest absolute Gasteiger partial charge is 0.137 e. The van der Waals surface area contributed by atoms with E-state index in [4.69, 9.17) is 4.74 Å². The van der Waals surface area contributed by atoms with Crippen molar-refractivity contribution in [2.45, 2.75) is 25.5 Å². The van der Waals surface area contributed by atoms with E-state index in [2.05, 4.69) is 19.5 Å². The molecule has 0 spiro atoms. The first-order valence-corrected chi connectivity index (χ1v) is 9.15. The predicted octanol–water partition coefficient (Wildman–Crippen LogP) is 4.41. The van der Waals surface area contributed by atoms with Gasteiger partial charge in [-0.25, -0.2) is 14.4 Å². The number of ether oxygens (including phenoxy) is 1. The van der Waals surface area contributed by atoms with Crippen molar-refractivity contribution in [3.8, 4) is 22.5 Å². The van der Waals surface area contributed by atoms with Crippen molar-refractivity contribution in [2.75, 3.05) is 6.61 Å². The molecule has 1 aliphatic heterocycles. The van der Waals surface area contributed by atoms with E-state index in [9.17, 15) is 4.39 Å². The van der Waals surface area contributed by atoms with E-state index in [0.717, 1.165) is 59.5 Å². The number of aromatic nitrogens is 4. The molecule has 0 bridgehead atoms. The molecule has 0 aliphatic carbocycles. The maximum absolute atomic E-state index is 13.4. The molecule has 1 aromatic carbocycles. The second-order valence-electron chi connectivity index (χ2n) is 6.83. The van der Waals surface area contributed by atoms with Gasteiger partial charge in [-0.2, -0.15) is 0 Å². The minimum atomic E-state index is -0.254. The molecule has 1 N–H and O–H groups in total. The molecule has 136 valence electrons. The van der Waals surface area contributed by atoms with Gasteiger partial charge in [0.15, 0.2) is 0 Å². The quantitative estimate of drug-likeness (QED) is 0.585. The van der Waals surface area contributed by atoms with E-state index in [1.165, 1.54) is 12.1 Å². The highest BCUT2D eigenvalue weighted by Crippen LogP contribution is 2.35. The van der Waals surface area contributed by atoms with Gasteiger partial charge in [-0.15, -0.1) is 0 Å². The van der Waals surface area contributed by atoms with Gasteiger partial charge in [-0.1, -0.05) is 0 Å². The molecular formula is C21H19FN4O. The first-order valence-electron chi connectivity index (χ1n) is 9.15. The Morgan fingerprint density at radius 2 is 2.04 bits per heavy atom. The number of H-pyrrole nitrogens is 1. The van der Waals surface area contributed by atoms with E-state index < -0.39 is 0 Å². The zero-order valence-corrected chi connectivity index (χ0v) is 14.7. The fraction of sp³-hybridized carbons (Fsp3) is 0.238. The number of rotatable bonds is 4. The van der Waals surface area contributed by atoms with Crippen LogP contribution in [0.15, 0.2) is 55.1 Å². The van der Waals surface area contributed by atoms with Crippen LogP contribution in [0.1, 0.15) is 12.8 Å². The fourth-order valence-electron chi connectivity index (χ4n) is 3.80. The minimum Gasteiger partial charge on any atom is -0.376 e. The molecule has 5 rings (SSSR count). The van der Waals surface area contributed by atoms with Crippen molar-refractivity contribution < 1.29 is 9.13 Å². The van der Waals surface area contributed by atoms with Crippen LogP contribution in [0.25, 0.3) is 33.5 Å². The van der Waals surface area contributed by atoms with Crippen LogP contribution in [0.5, 0.6) is 0 Å². The van der Waals surface area contributed by atoms with Crippen LogP contribution < -0.4 is 0 Å². The molecule has 5 nitrogen and oxygen atoms in total. The lowest BCUT2D eigenvalue weighted by Crippen LogP contribution is -2.15. The maximum atomic E-state index is 13.4. The third-order valence-electron chi connectivity index (χ3n) is 5.10. The summed E-state index contributed by atoms with van der Waals surface area (Å²) >= 11 is 0. The first kappa shape index (κ1) is 16.2. The lowest BCUT2D eigenvalue weighted by atomic mass is 10.0.